The second-order valence-corrected chi connectivity index (χ2v) is 8.13. The Labute approximate surface area is 125 Å². The van der Waals surface area contributed by atoms with Crippen molar-refractivity contribution < 1.29 is 9.59 Å². The average Bonchev–Trinajstić information content (AvgIpc) is 3.06. The lowest BCUT2D eigenvalue weighted by molar-refractivity contribution is -0.130. The van der Waals surface area contributed by atoms with Gasteiger partial charge in [0.05, 0.1) is 4.87 Å². The lowest BCUT2D eigenvalue weighted by atomic mass is 10.2. The van der Waals surface area contributed by atoms with Crippen LogP contribution in [0.5, 0.6) is 0 Å². The van der Waals surface area contributed by atoms with Crippen molar-refractivity contribution in [2.75, 3.05) is 11.1 Å². The van der Waals surface area contributed by atoms with E-state index in [1.54, 1.807) is 16.7 Å². The van der Waals surface area contributed by atoms with E-state index < -0.39 is 6.04 Å². The Morgan fingerprint density at radius 3 is 2.85 bits per heavy atom. The number of thioether (sulfide) groups is 1. The zero-order valence-electron chi connectivity index (χ0n) is 11.3. The van der Waals surface area contributed by atoms with E-state index in [9.17, 15) is 9.59 Å². The second-order valence-electron chi connectivity index (χ2n) is 5.50. The summed E-state index contributed by atoms with van der Waals surface area (Å²) in [6, 6.07) is -0.444. The number of nitrogens with one attached hydrogen (secondary N) is 1. The summed E-state index contributed by atoms with van der Waals surface area (Å²) >= 11 is 3.03. The number of hydrogen-bond acceptors (Lipinski definition) is 6. The Morgan fingerprint density at radius 1 is 1.45 bits per heavy atom. The number of amides is 2. The largest absolute Gasteiger partial charge is 0.318 e. The van der Waals surface area contributed by atoms with Gasteiger partial charge in [-0.1, -0.05) is 11.3 Å². The normalized spacial score (nSPS) is 24.7. The molecule has 108 valence electrons. The van der Waals surface area contributed by atoms with Crippen LogP contribution in [0.2, 0.25) is 0 Å². The SMILES string of the molecule is CC1(C)SC[C@@H](C(=O)Nc2nnc(C3CC3)s2)N1C=O. The van der Waals surface area contributed by atoms with Gasteiger partial charge in [-0.05, 0) is 26.7 Å². The Morgan fingerprint density at radius 2 is 2.20 bits per heavy atom. The van der Waals surface area contributed by atoms with Crippen molar-refractivity contribution in [1.29, 1.82) is 0 Å². The minimum atomic E-state index is -0.444. The molecule has 1 aliphatic heterocycles. The summed E-state index contributed by atoms with van der Waals surface area (Å²) in [7, 11) is 0. The van der Waals surface area contributed by atoms with Crippen molar-refractivity contribution in [3.8, 4) is 0 Å². The number of nitrogens with zero attached hydrogens (tertiary/aromatic N) is 3. The molecule has 3 rings (SSSR count). The first-order valence-electron chi connectivity index (χ1n) is 6.53. The van der Waals surface area contributed by atoms with Crippen LogP contribution in [-0.2, 0) is 9.59 Å². The number of carbonyl (C=O) groups is 2. The lowest BCUT2D eigenvalue weighted by Crippen LogP contribution is -2.47. The van der Waals surface area contributed by atoms with Crippen LogP contribution >= 0.6 is 23.1 Å². The maximum Gasteiger partial charge on any atom is 0.249 e. The molecule has 1 N–H and O–H groups in total. The van der Waals surface area contributed by atoms with E-state index in [4.69, 9.17) is 0 Å². The maximum absolute atomic E-state index is 12.3. The van der Waals surface area contributed by atoms with E-state index in [-0.39, 0.29) is 10.8 Å². The third-order valence-corrected chi connectivity index (χ3v) is 5.97. The van der Waals surface area contributed by atoms with Gasteiger partial charge in [0.15, 0.2) is 0 Å². The summed E-state index contributed by atoms with van der Waals surface area (Å²) in [5.74, 6) is 0.950. The van der Waals surface area contributed by atoms with Gasteiger partial charge in [-0.2, -0.15) is 0 Å². The van der Waals surface area contributed by atoms with Crippen molar-refractivity contribution in [3.63, 3.8) is 0 Å². The monoisotopic (exact) mass is 312 g/mol. The van der Waals surface area contributed by atoms with Crippen molar-refractivity contribution in [1.82, 2.24) is 15.1 Å². The highest BCUT2D eigenvalue weighted by Crippen LogP contribution is 2.42. The molecule has 1 saturated carbocycles. The summed E-state index contributed by atoms with van der Waals surface area (Å²) in [5.41, 5.74) is 0. The molecule has 2 amide bonds. The molecule has 6 nitrogen and oxygen atoms in total. The van der Waals surface area contributed by atoms with Crippen LogP contribution in [0.15, 0.2) is 0 Å². The Kier molecular flexibility index (Phi) is 3.45. The van der Waals surface area contributed by atoms with E-state index in [0.717, 1.165) is 24.3 Å². The number of aromatic nitrogens is 2. The van der Waals surface area contributed by atoms with Crippen LogP contribution in [0.3, 0.4) is 0 Å². The van der Waals surface area contributed by atoms with E-state index in [0.29, 0.717) is 16.8 Å². The van der Waals surface area contributed by atoms with Gasteiger partial charge in [-0.15, -0.1) is 22.0 Å². The molecular formula is C12H16N4O2S2. The molecule has 20 heavy (non-hydrogen) atoms. The first-order chi connectivity index (χ1) is 9.51. The van der Waals surface area contributed by atoms with Gasteiger partial charge < -0.3 is 4.90 Å². The van der Waals surface area contributed by atoms with Gasteiger partial charge in [-0.25, -0.2) is 0 Å². The van der Waals surface area contributed by atoms with Crippen LogP contribution < -0.4 is 5.32 Å². The van der Waals surface area contributed by atoms with Crippen molar-refractivity contribution in [2.24, 2.45) is 0 Å². The molecule has 1 atom stereocenters. The second kappa shape index (κ2) is 5.00. The lowest BCUT2D eigenvalue weighted by Gasteiger charge is -2.29. The summed E-state index contributed by atoms with van der Waals surface area (Å²) < 4.78 is 0. The number of carbonyl (C=O) groups excluding carboxylic acids is 2. The number of anilines is 1. The van der Waals surface area contributed by atoms with Crippen molar-refractivity contribution >= 4 is 40.5 Å². The van der Waals surface area contributed by atoms with E-state index in [1.807, 2.05) is 13.8 Å². The van der Waals surface area contributed by atoms with Gasteiger partial charge in [0.2, 0.25) is 17.4 Å². The minimum Gasteiger partial charge on any atom is -0.318 e. The fourth-order valence-electron chi connectivity index (χ4n) is 2.18. The third kappa shape index (κ3) is 2.54. The topological polar surface area (TPSA) is 75.2 Å². The highest BCUT2D eigenvalue weighted by atomic mass is 32.2. The van der Waals surface area contributed by atoms with Crippen LogP contribution in [0, 0.1) is 0 Å². The van der Waals surface area contributed by atoms with E-state index in [1.165, 1.54) is 11.3 Å². The first kappa shape index (κ1) is 13.8. The van der Waals surface area contributed by atoms with Crippen LogP contribution in [-0.4, -0.2) is 44.1 Å². The molecular weight excluding hydrogens is 296 g/mol. The van der Waals surface area contributed by atoms with Crippen molar-refractivity contribution in [3.05, 3.63) is 5.01 Å². The summed E-state index contributed by atoms with van der Waals surface area (Å²) in [4.78, 5) is 24.7. The first-order valence-corrected chi connectivity index (χ1v) is 8.33. The Hall–Kier alpha value is -1.15. The minimum absolute atomic E-state index is 0.186. The van der Waals surface area contributed by atoms with Gasteiger partial charge in [-0.3, -0.25) is 14.9 Å². The van der Waals surface area contributed by atoms with Crippen molar-refractivity contribution in [2.45, 2.75) is 43.5 Å². The maximum atomic E-state index is 12.3. The fraction of sp³-hybridized carbons (Fsp3) is 0.667. The highest BCUT2D eigenvalue weighted by Gasteiger charge is 2.43. The van der Waals surface area contributed by atoms with Gasteiger partial charge in [0.1, 0.15) is 11.0 Å². The molecule has 1 saturated heterocycles. The molecule has 8 heteroatoms. The summed E-state index contributed by atoms with van der Waals surface area (Å²) in [6.07, 6.45) is 3.07. The predicted octanol–water partition coefficient (Wildman–Crippen LogP) is 1.66. The fourth-order valence-corrected chi connectivity index (χ4v) is 4.30. The standard InChI is InChI=1S/C12H16N4O2S2/c1-12(2)16(6-17)8(5-19-12)9(18)13-11-15-14-10(20-11)7-3-4-7/h6-8H,3-5H2,1-2H3,(H,13,15,18)/t8-/m0/s1. The Bertz CT molecular complexity index is 541. The number of rotatable bonds is 4. The zero-order chi connectivity index (χ0) is 14.3. The molecule has 2 heterocycles. The summed E-state index contributed by atoms with van der Waals surface area (Å²) in [5, 5.41) is 12.4. The molecule has 1 aliphatic carbocycles. The molecule has 1 aromatic heterocycles. The highest BCUT2D eigenvalue weighted by molar-refractivity contribution is 8.00. The molecule has 0 bridgehead atoms. The van der Waals surface area contributed by atoms with Crippen LogP contribution in [0.25, 0.3) is 0 Å². The van der Waals surface area contributed by atoms with Gasteiger partial charge in [0, 0.05) is 11.7 Å². The van der Waals surface area contributed by atoms with Gasteiger partial charge >= 0.3 is 0 Å². The van der Waals surface area contributed by atoms with E-state index in [2.05, 4.69) is 15.5 Å². The third-order valence-electron chi connectivity index (χ3n) is 3.57. The zero-order valence-corrected chi connectivity index (χ0v) is 13.0. The molecule has 0 spiro atoms. The quantitative estimate of drug-likeness (QED) is 0.856. The predicted molar refractivity (Wildman–Crippen MR) is 78.7 cm³/mol. The molecule has 1 aromatic rings. The molecule has 0 aromatic carbocycles. The Balaban J connectivity index is 1.67. The van der Waals surface area contributed by atoms with E-state index >= 15 is 0 Å². The van der Waals surface area contributed by atoms with Crippen LogP contribution in [0.4, 0.5) is 5.13 Å². The molecule has 2 aliphatic rings. The molecule has 0 unspecified atom stereocenters. The van der Waals surface area contributed by atoms with Crippen LogP contribution in [0.1, 0.15) is 37.6 Å². The number of hydrogen-bond donors (Lipinski definition) is 1. The molecule has 2 fully saturated rings. The molecule has 0 radical (unpaired) electrons. The average molecular weight is 312 g/mol. The van der Waals surface area contributed by atoms with Gasteiger partial charge in [0.25, 0.3) is 0 Å². The smallest absolute Gasteiger partial charge is 0.249 e. The summed E-state index contributed by atoms with van der Waals surface area (Å²) in [6.45, 7) is 3.88.